The normalized spacial score (nSPS) is 12.3. The second kappa shape index (κ2) is 10.7. The van der Waals surface area contributed by atoms with Gasteiger partial charge in [-0.05, 0) is 42.3 Å². The van der Waals surface area contributed by atoms with E-state index < -0.39 is 22.0 Å². The smallest absolute Gasteiger partial charge is 0.270 e. The van der Waals surface area contributed by atoms with Gasteiger partial charge in [0.2, 0.25) is 9.47 Å². The van der Waals surface area contributed by atoms with E-state index in [2.05, 4.69) is 20.2 Å². The van der Waals surface area contributed by atoms with Crippen LogP contribution in [0, 0.1) is 0 Å². The Labute approximate surface area is 205 Å². The molecule has 3 aromatic rings. The summed E-state index contributed by atoms with van der Waals surface area (Å²) in [6.07, 6.45) is 0.464. The molecule has 9 nitrogen and oxygen atoms in total. The third-order valence-electron chi connectivity index (χ3n) is 4.55. The van der Waals surface area contributed by atoms with E-state index in [0.717, 1.165) is 0 Å². The van der Waals surface area contributed by atoms with Gasteiger partial charge >= 0.3 is 0 Å². The molecule has 0 radical (unpaired) electrons. The van der Waals surface area contributed by atoms with Crippen molar-refractivity contribution in [2.75, 3.05) is 19.5 Å². The first-order valence-electron chi connectivity index (χ1n) is 9.52. The van der Waals surface area contributed by atoms with Crippen LogP contribution in [0.3, 0.4) is 0 Å². The number of carbonyl (C=O) groups excluding carboxylic acids is 1. The van der Waals surface area contributed by atoms with Gasteiger partial charge in [0.15, 0.2) is 11.5 Å². The van der Waals surface area contributed by atoms with Gasteiger partial charge in [-0.1, -0.05) is 47.5 Å². The Morgan fingerprint density at radius 1 is 1.09 bits per heavy atom. The van der Waals surface area contributed by atoms with Crippen molar-refractivity contribution >= 4 is 55.6 Å². The van der Waals surface area contributed by atoms with Crippen LogP contribution in [0.25, 0.3) is 0 Å². The number of sulfonamides is 1. The van der Waals surface area contributed by atoms with Gasteiger partial charge in [-0.3, -0.25) is 10.1 Å². The molecule has 0 saturated carbocycles. The highest BCUT2D eigenvalue weighted by molar-refractivity contribution is 7.91. The summed E-state index contributed by atoms with van der Waals surface area (Å²) in [6.45, 7) is 1.84. The highest BCUT2D eigenvalue weighted by Crippen LogP contribution is 2.32. The van der Waals surface area contributed by atoms with Crippen molar-refractivity contribution in [1.82, 2.24) is 14.9 Å². The second-order valence-electron chi connectivity index (χ2n) is 6.65. The Balaban J connectivity index is 1.77. The van der Waals surface area contributed by atoms with E-state index in [1.165, 1.54) is 32.4 Å². The minimum absolute atomic E-state index is 0.00515. The molecule has 0 saturated heterocycles. The van der Waals surface area contributed by atoms with Gasteiger partial charge < -0.3 is 9.47 Å². The van der Waals surface area contributed by atoms with E-state index in [0.29, 0.717) is 39.8 Å². The van der Waals surface area contributed by atoms with Crippen molar-refractivity contribution in [2.24, 2.45) is 0 Å². The molecule has 3 rings (SSSR count). The summed E-state index contributed by atoms with van der Waals surface area (Å²) in [5.74, 6) is 0.445. The van der Waals surface area contributed by atoms with Crippen LogP contribution in [0.4, 0.5) is 5.13 Å². The first-order valence-corrected chi connectivity index (χ1v) is 12.6. The van der Waals surface area contributed by atoms with E-state index in [1.54, 1.807) is 18.2 Å². The standard InChI is InChI=1S/C20H20Cl2N4O5S2/c1-4-15(11-5-8-16(30-2)17(9-11)31-3)26-33(28,29)20-25-24-19(32-20)23-18(27)13-7-6-12(21)10-14(13)22/h5-10,15,26H,4H2,1-3H3,(H,23,24,27). The molecule has 2 N–H and O–H groups in total. The number of nitrogens with one attached hydrogen (secondary N) is 2. The summed E-state index contributed by atoms with van der Waals surface area (Å²) in [5, 5.41) is 10.5. The van der Waals surface area contributed by atoms with Gasteiger partial charge in [0.1, 0.15) is 0 Å². The molecular weight excluding hydrogens is 511 g/mol. The Morgan fingerprint density at radius 3 is 2.45 bits per heavy atom. The molecule has 0 bridgehead atoms. The molecule has 1 atom stereocenters. The molecule has 0 aliphatic rings. The molecule has 1 unspecified atom stereocenters. The van der Waals surface area contributed by atoms with Crippen molar-refractivity contribution < 1.29 is 22.7 Å². The van der Waals surface area contributed by atoms with Gasteiger partial charge in [0, 0.05) is 11.1 Å². The predicted octanol–water partition coefficient (Wildman–Crippen LogP) is 4.54. The quantitative estimate of drug-likeness (QED) is 0.389. The van der Waals surface area contributed by atoms with Gasteiger partial charge in [0.05, 0.1) is 24.8 Å². The molecule has 33 heavy (non-hydrogen) atoms. The Kier molecular flexibility index (Phi) is 8.14. The molecule has 1 aromatic heterocycles. The maximum atomic E-state index is 12.9. The van der Waals surface area contributed by atoms with Crippen molar-refractivity contribution in [3.05, 3.63) is 57.6 Å². The van der Waals surface area contributed by atoms with Crippen molar-refractivity contribution in [3.63, 3.8) is 0 Å². The summed E-state index contributed by atoms with van der Waals surface area (Å²) in [5.41, 5.74) is 0.854. The van der Waals surface area contributed by atoms with E-state index >= 15 is 0 Å². The summed E-state index contributed by atoms with van der Waals surface area (Å²) in [4.78, 5) is 12.4. The molecule has 0 spiro atoms. The molecule has 1 heterocycles. The zero-order chi connectivity index (χ0) is 24.2. The minimum Gasteiger partial charge on any atom is -0.493 e. The van der Waals surface area contributed by atoms with Crippen LogP contribution in [0.1, 0.15) is 35.3 Å². The highest BCUT2D eigenvalue weighted by atomic mass is 35.5. The first-order chi connectivity index (χ1) is 15.7. The van der Waals surface area contributed by atoms with Gasteiger partial charge in [-0.15, -0.1) is 10.2 Å². The number of rotatable bonds is 9. The third-order valence-corrected chi connectivity index (χ3v) is 7.77. The van der Waals surface area contributed by atoms with Crippen LogP contribution in [0.2, 0.25) is 10.0 Å². The molecule has 2 aromatic carbocycles. The first kappa shape index (κ1) is 25.2. The van der Waals surface area contributed by atoms with Crippen molar-refractivity contribution in [1.29, 1.82) is 0 Å². The molecule has 13 heteroatoms. The molecule has 1 amide bonds. The lowest BCUT2D eigenvalue weighted by Gasteiger charge is -2.18. The summed E-state index contributed by atoms with van der Waals surface area (Å²) in [7, 11) is -1.00. The van der Waals surface area contributed by atoms with Crippen LogP contribution in [-0.4, -0.2) is 38.7 Å². The molecular formula is C20H20Cl2N4O5S2. The van der Waals surface area contributed by atoms with Gasteiger partial charge in [0.25, 0.3) is 15.9 Å². The fourth-order valence-electron chi connectivity index (χ4n) is 2.90. The summed E-state index contributed by atoms with van der Waals surface area (Å²) in [6, 6.07) is 9.00. The Hall–Kier alpha value is -2.44. The van der Waals surface area contributed by atoms with Crippen molar-refractivity contribution in [2.45, 2.75) is 23.7 Å². The third kappa shape index (κ3) is 5.92. The van der Waals surface area contributed by atoms with E-state index in [4.69, 9.17) is 32.7 Å². The van der Waals surface area contributed by atoms with Crippen LogP contribution < -0.4 is 19.5 Å². The van der Waals surface area contributed by atoms with Crippen LogP contribution in [0.15, 0.2) is 40.7 Å². The number of methoxy groups -OCH3 is 2. The predicted molar refractivity (Wildman–Crippen MR) is 127 cm³/mol. The summed E-state index contributed by atoms with van der Waals surface area (Å²) < 4.78 is 38.7. The Morgan fingerprint density at radius 2 is 1.82 bits per heavy atom. The molecule has 0 fully saturated rings. The topological polar surface area (TPSA) is 120 Å². The fourth-order valence-corrected chi connectivity index (χ4v) is 5.61. The zero-order valence-electron chi connectivity index (χ0n) is 17.8. The zero-order valence-corrected chi connectivity index (χ0v) is 20.9. The lowest BCUT2D eigenvalue weighted by Crippen LogP contribution is -2.28. The number of carbonyl (C=O) groups is 1. The lowest BCUT2D eigenvalue weighted by atomic mass is 10.1. The number of nitrogens with zero attached hydrogens (tertiary/aromatic N) is 2. The number of benzene rings is 2. The second-order valence-corrected chi connectivity index (χ2v) is 10.4. The molecule has 176 valence electrons. The maximum absolute atomic E-state index is 12.9. The number of aromatic nitrogens is 2. The van der Waals surface area contributed by atoms with E-state index in [1.807, 2.05) is 6.92 Å². The Bertz CT molecular complexity index is 1270. The largest absolute Gasteiger partial charge is 0.493 e. The number of hydrogen-bond acceptors (Lipinski definition) is 8. The number of ether oxygens (including phenoxy) is 2. The van der Waals surface area contributed by atoms with Crippen LogP contribution in [-0.2, 0) is 10.0 Å². The van der Waals surface area contributed by atoms with Crippen LogP contribution in [0.5, 0.6) is 11.5 Å². The monoisotopic (exact) mass is 530 g/mol. The summed E-state index contributed by atoms with van der Waals surface area (Å²) >= 11 is 12.6. The fraction of sp³-hybridized carbons (Fsp3) is 0.250. The van der Waals surface area contributed by atoms with Crippen molar-refractivity contribution in [3.8, 4) is 11.5 Å². The minimum atomic E-state index is -4.02. The number of amides is 1. The van der Waals surface area contributed by atoms with Gasteiger partial charge in [-0.2, -0.15) is 0 Å². The number of hydrogen-bond donors (Lipinski definition) is 2. The molecule has 0 aliphatic carbocycles. The SMILES string of the molecule is CCC(NS(=O)(=O)c1nnc(NC(=O)c2ccc(Cl)cc2Cl)s1)c1ccc(OC)c(OC)c1. The van der Waals surface area contributed by atoms with E-state index in [9.17, 15) is 13.2 Å². The lowest BCUT2D eigenvalue weighted by molar-refractivity contribution is 0.102. The highest BCUT2D eigenvalue weighted by Gasteiger charge is 2.26. The van der Waals surface area contributed by atoms with E-state index in [-0.39, 0.29) is 20.1 Å². The van der Waals surface area contributed by atoms with Gasteiger partial charge in [-0.25, -0.2) is 13.1 Å². The maximum Gasteiger partial charge on any atom is 0.270 e. The average Bonchev–Trinajstić information content (AvgIpc) is 3.26. The average molecular weight is 531 g/mol. The molecule has 0 aliphatic heterocycles. The van der Waals surface area contributed by atoms with Crippen LogP contribution >= 0.6 is 34.5 Å². The number of anilines is 1. The number of halogens is 2.